The van der Waals surface area contributed by atoms with Crippen LogP contribution >= 0.6 is 0 Å². The largest absolute Gasteiger partial charge is 0.296 e. The Kier molecular flexibility index (Phi) is 4.93. The minimum absolute atomic E-state index is 0.0476. The van der Waals surface area contributed by atoms with Gasteiger partial charge >= 0.3 is 0 Å². The number of aromatic nitrogens is 3. The Morgan fingerprint density at radius 2 is 2.25 bits per heavy atom. The molecule has 1 N–H and O–H groups in total. The number of aryl methyl sites for hydroxylation is 1. The van der Waals surface area contributed by atoms with E-state index in [2.05, 4.69) is 19.9 Å². The van der Waals surface area contributed by atoms with Crippen molar-refractivity contribution in [2.75, 3.05) is 13.1 Å². The van der Waals surface area contributed by atoms with Crippen molar-refractivity contribution >= 4 is 10.0 Å². The highest BCUT2D eigenvalue weighted by Gasteiger charge is 2.25. The molecule has 0 bridgehead atoms. The van der Waals surface area contributed by atoms with E-state index in [0.717, 1.165) is 31.1 Å². The van der Waals surface area contributed by atoms with Crippen LogP contribution in [0.2, 0.25) is 0 Å². The molecule has 0 radical (unpaired) electrons. The molecule has 1 aliphatic rings. The summed E-state index contributed by atoms with van der Waals surface area (Å²) in [5, 5.41) is 7.96. The molecule has 9 heteroatoms. The van der Waals surface area contributed by atoms with E-state index < -0.39 is 15.8 Å². The summed E-state index contributed by atoms with van der Waals surface area (Å²) in [5.41, 5.74) is 0.853. The fourth-order valence-electron chi connectivity index (χ4n) is 2.91. The Morgan fingerprint density at radius 1 is 1.42 bits per heavy atom. The predicted octanol–water partition coefficient (Wildman–Crippen LogP) is 0.897. The fourth-order valence-corrected chi connectivity index (χ4v) is 4.21. The van der Waals surface area contributed by atoms with Gasteiger partial charge in [-0.25, -0.2) is 17.5 Å². The molecular weight excluding hydrogens is 333 g/mol. The number of benzene rings is 1. The number of likely N-dealkylation sites (tertiary alicyclic amines) is 1. The van der Waals surface area contributed by atoms with Crippen molar-refractivity contribution in [3.8, 4) is 0 Å². The van der Waals surface area contributed by atoms with Crippen molar-refractivity contribution in [3.63, 3.8) is 0 Å². The fraction of sp³-hybridized carbons (Fsp3) is 0.467. The third-order valence-electron chi connectivity index (χ3n) is 3.97. The lowest BCUT2D eigenvalue weighted by atomic mass is 10.1. The van der Waals surface area contributed by atoms with E-state index in [-0.39, 0.29) is 10.9 Å². The van der Waals surface area contributed by atoms with Gasteiger partial charge in [0.05, 0.1) is 10.6 Å². The standard InChI is InChI=1S/C15H20FN5O2S/c1-20-9-14(17-19-20)11-21-7-3-5-13(10-21)18-24(22,23)15-6-2-4-12(16)8-15/h2,4,6,8-9,13,18H,3,5,7,10-11H2,1H3. The van der Waals surface area contributed by atoms with Gasteiger partial charge in [0.15, 0.2) is 0 Å². The van der Waals surface area contributed by atoms with Crippen molar-refractivity contribution in [1.82, 2.24) is 24.6 Å². The minimum atomic E-state index is -3.72. The van der Waals surface area contributed by atoms with Crippen LogP contribution < -0.4 is 4.72 Å². The van der Waals surface area contributed by atoms with Gasteiger partial charge in [-0.2, -0.15) is 0 Å². The molecule has 0 amide bonds. The van der Waals surface area contributed by atoms with Crippen LogP contribution in [0.1, 0.15) is 18.5 Å². The van der Waals surface area contributed by atoms with E-state index in [1.807, 2.05) is 13.2 Å². The van der Waals surface area contributed by atoms with Gasteiger partial charge in [-0.1, -0.05) is 11.3 Å². The third-order valence-corrected chi connectivity index (χ3v) is 5.49. The summed E-state index contributed by atoms with van der Waals surface area (Å²) in [6.45, 7) is 2.10. The molecule has 0 aliphatic carbocycles. The monoisotopic (exact) mass is 353 g/mol. The highest BCUT2D eigenvalue weighted by atomic mass is 32.2. The van der Waals surface area contributed by atoms with Crippen LogP contribution in [0.25, 0.3) is 0 Å². The summed E-state index contributed by atoms with van der Waals surface area (Å²) in [7, 11) is -1.92. The van der Waals surface area contributed by atoms with Crippen LogP contribution in [0.3, 0.4) is 0 Å². The number of rotatable bonds is 5. The van der Waals surface area contributed by atoms with Gasteiger partial charge in [-0.3, -0.25) is 9.58 Å². The molecule has 130 valence electrons. The van der Waals surface area contributed by atoms with Crippen LogP contribution in [-0.4, -0.2) is 47.4 Å². The zero-order valence-corrected chi connectivity index (χ0v) is 14.2. The van der Waals surface area contributed by atoms with E-state index in [1.54, 1.807) is 4.68 Å². The highest BCUT2D eigenvalue weighted by molar-refractivity contribution is 7.89. The smallest absolute Gasteiger partial charge is 0.240 e. The Bertz CT molecular complexity index is 808. The van der Waals surface area contributed by atoms with Crippen LogP contribution in [0.15, 0.2) is 35.4 Å². The lowest BCUT2D eigenvalue weighted by Crippen LogP contribution is -2.47. The summed E-state index contributed by atoms with van der Waals surface area (Å²) in [5.74, 6) is -0.564. The minimum Gasteiger partial charge on any atom is -0.296 e. The van der Waals surface area contributed by atoms with Crippen molar-refractivity contribution in [3.05, 3.63) is 42.0 Å². The number of halogens is 1. The lowest BCUT2D eigenvalue weighted by Gasteiger charge is -2.32. The maximum Gasteiger partial charge on any atom is 0.240 e. The predicted molar refractivity (Wildman–Crippen MR) is 86.0 cm³/mol. The second-order valence-corrected chi connectivity index (χ2v) is 7.75. The third kappa shape index (κ3) is 4.16. The molecule has 2 aromatic rings. The Morgan fingerprint density at radius 3 is 2.96 bits per heavy atom. The lowest BCUT2D eigenvalue weighted by molar-refractivity contribution is 0.192. The summed E-state index contributed by atoms with van der Waals surface area (Å²) in [4.78, 5) is 2.10. The number of sulfonamides is 1. The number of hydrogen-bond acceptors (Lipinski definition) is 5. The van der Waals surface area contributed by atoms with Crippen molar-refractivity contribution in [2.24, 2.45) is 7.05 Å². The van der Waals surface area contributed by atoms with E-state index in [0.29, 0.717) is 13.1 Å². The van der Waals surface area contributed by atoms with Gasteiger partial charge in [-0.05, 0) is 37.6 Å². The first-order chi connectivity index (χ1) is 11.4. The molecular formula is C15H20FN5O2S. The van der Waals surface area contributed by atoms with Gasteiger partial charge in [0.25, 0.3) is 0 Å². The van der Waals surface area contributed by atoms with Crippen LogP contribution in [0, 0.1) is 5.82 Å². The molecule has 1 saturated heterocycles. The van der Waals surface area contributed by atoms with Crippen molar-refractivity contribution in [2.45, 2.75) is 30.3 Å². The normalized spacial score (nSPS) is 19.5. The number of piperidine rings is 1. The molecule has 24 heavy (non-hydrogen) atoms. The first kappa shape index (κ1) is 17.0. The molecule has 0 spiro atoms. The van der Waals surface area contributed by atoms with E-state index in [9.17, 15) is 12.8 Å². The van der Waals surface area contributed by atoms with Gasteiger partial charge in [-0.15, -0.1) is 5.10 Å². The molecule has 2 heterocycles. The average Bonchev–Trinajstić information content (AvgIpc) is 2.92. The Labute approximate surface area is 140 Å². The van der Waals surface area contributed by atoms with Crippen molar-refractivity contribution in [1.29, 1.82) is 0 Å². The Balaban J connectivity index is 1.64. The maximum absolute atomic E-state index is 13.3. The second-order valence-electron chi connectivity index (χ2n) is 6.04. The van der Waals surface area contributed by atoms with Crippen LogP contribution in [0.5, 0.6) is 0 Å². The van der Waals surface area contributed by atoms with Gasteiger partial charge in [0, 0.05) is 32.4 Å². The van der Waals surface area contributed by atoms with E-state index in [1.165, 1.54) is 18.2 Å². The van der Waals surface area contributed by atoms with Crippen LogP contribution in [0.4, 0.5) is 4.39 Å². The molecule has 1 fully saturated rings. The summed E-state index contributed by atoms with van der Waals surface area (Å²) in [6, 6.07) is 4.84. The SMILES string of the molecule is Cn1cc(CN2CCCC(NS(=O)(=O)c3cccc(F)c3)C2)nn1. The van der Waals surface area contributed by atoms with E-state index in [4.69, 9.17) is 0 Å². The molecule has 1 aliphatic heterocycles. The van der Waals surface area contributed by atoms with Crippen LogP contribution in [-0.2, 0) is 23.6 Å². The maximum atomic E-state index is 13.3. The van der Waals surface area contributed by atoms with Crippen molar-refractivity contribution < 1.29 is 12.8 Å². The number of nitrogens with zero attached hydrogens (tertiary/aromatic N) is 4. The molecule has 0 saturated carbocycles. The number of nitrogens with one attached hydrogen (secondary N) is 1. The molecule has 1 atom stereocenters. The molecule has 7 nitrogen and oxygen atoms in total. The van der Waals surface area contributed by atoms with Gasteiger partial charge in [0.2, 0.25) is 10.0 Å². The van der Waals surface area contributed by atoms with Gasteiger partial charge in [0.1, 0.15) is 5.82 Å². The topological polar surface area (TPSA) is 80.1 Å². The summed E-state index contributed by atoms with van der Waals surface area (Å²) < 4.78 is 42.4. The summed E-state index contributed by atoms with van der Waals surface area (Å²) in [6.07, 6.45) is 3.49. The second kappa shape index (κ2) is 6.96. The zero-order chi connectivity index (χ0) is 17.2. The first-order valence-electron chi connectivity index (χ1n) is 7.78. The average molecular weight is 353 g/mol. The number of hydrogen-bond donors (Lipinski definition) is 1. The Hall–Kier alpha value is -1.84. The first-order valence-corrected chi connectivity index (χ1v) is 9.26. The summed E-state index contributed by atoms with van der Waals surface area (Å²) >= 11 is 0. The van der Waals surface area contributed by atoms with E-state index >= 15 is 0 Å². The van der Waals surface area contributed by atoms with Gasteiger partial charge < -0.3 is 0 Å². The quantitative estimate of drug-likeness (QED) is 0.864. The molecule has 1 unspecified atom stereocenters. The molecule has 3 rings (SSSR count). The molecule has 1 aromatic carbocycles. The molecule has 1 aromatic heterocycles. The zero-order valence-electron chi connectivity index (χ0n) is 13.4. The highest BCUT2D eigenvalue weighted by Crippen LogP contribution is 2.16.